The normalized spacial score (nSPS) is 21.0. The summed E-state index contributed by atoms with van der Waals surface area (Å²) in [7, 11) is 0. The average molecular weight is 298 g/mol. The summed E-state index contributed by atoms with van der Waals surface area (Å²) in [5.41, 5.74) is -1.13. The number of benzene rings is 1. The molecule has 7 heteroatoms. The van der Waals surface area contributed by atoms with Gasteiger partial charge in [-0.1, -0.05) is 12.8 Å². The number of amides is 2. The lowest BCUT2D eigenvalue weighted by molar-refractivity contribution is -0.135. The second-order valence-corrected chi connectivity index (χ2v) is 5.45. The molecule has 0 bridgehead atoms. The summed E-state index contributed by atoms with van der Waals surface area (Å²) in [5.74, 6) is -5.15. The van der Waals surface area contributed by atoms with Crippen molar-refractivity contribution in [2.75, 3.05) is 11.4 Å². The molecular formula is C14H13F3N2O2. The minimum Gasteiger partial charge on any atom is -0.340 e. The van der Waals surface area contributed by atoms with Gasteiger partial charge >= 0.3 is 0 Å². The Balaban J connectivity index is 2.01. The van der Waals surface area contributed by atoms with Gasteiger partial charge in [0.2, 0.25) is 5.91 Å². The van der Waals surface area contributed by atoms with Crippen LogP contribution < -0.4 is 10.2 Å². The van der Waals surface area contributed by atoms with E-state index in [0.717, 1.165) is 29.9 Å². The van der Waals surface area contributed by atoms with Gasteiger partial charge in [-0.3, -0.25) is 9.59 Å². The molecule has 112 valence electrons. The molecule has 4 nitrogen and oxygen atoms in total. The first kappa shape index (κ1) is 13.9. The first-order chi connectivity index (χ1) is 9.93. The molecule has 1 heterocycles. The molecule has 1 aliphatic heterocycles. The minimum absolute atomic E-state index is 0.141. The molecule has 1 aromatic carbocycles. The molecule has 2 amide bonds. The van der Waals surface area contributed by atoms with E-state index in [1.807, 2.05) is 0 Å². The Kier molecular flexibility index (Phi) is 3.15. The SMILES string of the molecule is O=C1CN(c2cc(F)c(F)c(F)c2)C(=O)C2(CCCC2)N1. The molecule has 1 saturated heterocycles. The van der Waals surface area contributed by atoms with Crippen LogP contribution in [0.25, 0.3) is 0 Å². The number of hydrogen-bond acceptors (Lipinski definition) is 2. The molecule has 0 aromatic heterocycles. The topological polar surface area (TPSA) is 49.4 Å². The predicted octanol–water partition coefficient (Wildman–Crippen LogP) is 1.88. The number of piperazine rings is 1. The van der Waals surface area contributed by atoms with Gasteiger partial charge in [0.05, 0.1) is 5.69 Å². The van der Waals surface area contributed by atoms with Crippen molar-refractivity contribution in [2.45, 2.75) is 31.2 Å². The molecule has 0 atom stereocenters. The Hall–Kier alpha value is -2.05. The largest absolute Gasteiger partial charge is 0.340 e. The number of nitrogens with one attached hydrogen (secondary N) is 1. The van der Waals surface area contributed by atoms with Crippen molar-refractivity contribution < 1.29 is 22.8 Å². The summed E-state index contributed by atoms with van der Waals surface area (Å²) in [6.07, 6.45) is 2.60. The fourth-order valence-corrected chi connectivity index (χ4v) is 3.06. The molecule has 0 radical (unpaired) electrons. The van der Waals surface area contributed by atoms with Crippen LogP contribution in [-0.4, -0.2) is 23.9 Å². The lowest BCUT2D eigenvalue weighted by Crippen LogP contribution is -2.65. The van der Waals surface area contributed by atoms with Crippen LogP contribution in [0.2, 0.25) is 0 Å². The van der Waals surface area contributed by atoms with Gasteiger partial charge in [-0.2, -0.15) is 0 Å². The summed E-state index contributed by atoms with van der Waals surface area (Å²) in [4.78, 5) is 25.4. The van der Waals surface area contributed by atoms with Crippen LogP contribution in [0.4, 0.5) is 18.9 Å². The zero-order chi connectivity index (χ0) is 15.2. The van der Waals surface area contributed by atoms with E-state index in [9.17, 15) is 22.8 Å². The number of anilines is 1. The van der Waals surface area contributed by atoms with Gasteiger partial charge in [0.25, 0.3) is 5.91 Å². The van der Waals surface area contributed by atoms with Gasteiger partial charge in [-0.25, -0.2) is 13.2 Å². The number of hydrogen-bond donors (Lipinski definition) is 1. The lowest BCUT2D eigenvalue weighted by atomic mass is 9.92. The van der Waals surface area contributed by atoms with Crippen LogP contribution in [0, 0.1) is 17.5 Å². The summed E-state index contributed by atoms with van der Waals surface area (Å²) in [5, 5.41) is 2.69. The smallest absolute Gasteiger partial charge is 0.253 e. The monoisotopic (exact) mass is 298 g/mol. The summed E-state index contributed by atoms with van der Waals surface area (Å²) < 4.78 is 39.7. The van der Waals surface area contributed by atoms with E-state index in [2.05, 4.69) is 5.32 Å². The lowest BCUT2D eigenvalue weighted by Gasteiger charge is -2.39. The predicted molar refractivity (Wildman–Crippen MR) is 68.0 cm³/mol. The van der Waals surface area contributed by atoms with E-state index in [-0.39, 0.29) is 18.1 Å². The fourth-order valence-electron chi connectivity index (χ4n) is 3.06. The molecule has 3 rings (SSSR count). The Morgan fingerprint density at radius 1 is 1.05 bits per heavy atom. The molecule has 2 fully saturated rings. The van der Waals surface area contributed by atoms with Gasteiger partial charge in [0.15, 0.2) is 17.5 Å². The minimum atomic E-state index is -1.59. The summed E-state index contributed by atoms with van der Waals surface area (Å²) in [6.45, 7) is -0.328. The first-order valence-electron chi connectivity index (χ1n) is 6.70. The number of halogens is 3. The Morgan fingerprint density at radius 3 is 2.19 bits per heavy atom. The quantitative estimate of drug-likeness (QED) is 0.805. The number of carbonyl (C=O) groups is 2. The third-order valence-electron chi connectivity index (χ3n) is 4.07. The van der Waals surface area contributed by atoms with Crippen LogP contribution in [0.1, 0.15) is 25.7 Å². The fraction of sp³-hybridized carbons (Fsp3) is 0.429. The van der Waals surface area contributed by atoms with Crippen LogP contribution in [0.3, 0.4) is 0 Å². The van der Waals surface area contributed by atoms with E-state index >= 15 is 0 Å². The van der Waals surface area contributed by atoms with Crippen molar-refractivity contribution in [1.29, 1.82) is 0 Å². The van der Waals surface area contributed by atoms with E-state index in [0.29, 0.717) is 12.8 Å². The molecular weight excluding hydrogens is 285 g/mol. The molecule has 2 aliphatic rings. The molecule has 1 N–H and O–H groups in total. The van der Waals surface area contributed by atoms with Crippen LogP contribution in [-0.2, 0) is 9.59 Å². The van der Waals surface area contributed by atoms with Gasteiger partial charge in [-0.05, 0) is 12.8 Å². The Morgan fingerprint density at radius 2 is 1.62 bits per heavy atom. The summed E-state index contributed by atoms with van der Waals surface area (Å²) >= 11 is 0. The van der Waals surface area contributed by atoms with Crippen LogP contribution in [0.15, 0.2) is 12.1 Å². The summed E-state index contributed by atoms with van der Waals surface area (Å²) in [6, 6.07) is 1.47. The Labute approximate surface area is 118 Å². The third kappa shape index (κ3) is 2.16. The van der Waals surface area contributed by atoms with Gasteiger partial charge in [-0.15, -0.1) is 0 Å². The highest BCUT2D eigenvalue weighted by atomic mass is 19.2. The van der Waals surface area contributed by atoms with E-state index in [4.69, 9.17) is 0 Å². The maximum absolute atomic E-state index is 13.3. The van der Waals surface area contributed by atoms with E-state index in [1.54, 1.807) is 0 Å². The highest BCUT2D eigenvalue weighted by Gasteiger charge is 2.48. The van der Waals surface area contributed by atoms with Gasteiger partial charge in [0, 0.05) is 12.1 Å². The number of rotatable bonds is 1. The van der Waals surface area contributed by atoms with E-state index in [1.165, 1.54) is 0 Å². The Bertz CT molecular complexity index is 604. The molecule has 1 spiro atoms. The average Bonchev–Trinajstić information content (AvgIpc) is 2.89. The van der Waals surface area contributed by atoms with Crippen molar-refractivity contribution in [3.8, 4) is 0 Å². The highest BCUT2D eigenvalue weighted by molar-refractivity contribution is 6.09. The van der Waals surface area contributed by atoms with Crippen molar-refractivity contribution >= 4 is 17.5 Å². The standard InChI is InChI=1S/C14H13F3N2O2/c15-9-5-8(6-10(16)12(9)17)19-7-11(20)18-14(13(19)21)3-1-2-4-14/h5-6H,1-4,7H2,(H,18,20). The van der Waals surface area contributed by atoms with Crippen molar-refractivity contribution in [3.05, 3.63) is 29.6 Å². The number of carbonyl (C=O) groups excluding carboxylic acids is 2. The molecule has 1 aliphatic carbocycles. The molecule has 21 heavy (non-hydrogen) atoms. The molecule has 0 unspecified atom stereocenters. The molecule has 1 aromatic rings. The van der Waals surface area contributed by atoms with E-state index < -0.39 is 28.9 Å². The van der Waals surface area contributed by atoms with Gasteiger partial charge in [0.1, 0.15) is 12.1 Å². The van der Waals surface area contributed by atoms with Gasteiger partial charge < -0.3 is 10.2 Å². The van der Waals surface area contributed by atoms with Crippen molar-refractivity contribution in [2.24, 2.45) is 0 Å². The number of nitrogens with zero attached hydrogens (tertiary/aromatic N) is 1. The van der Waals surface area contributed by atoms with Crippen molar-refractivity contribution in [1.82, 2.24) is 5.32 Å². The maximum atomic E-state index is 13.3. The second kappa shape index (κ2) is 4.75. The van der Waals surface area contributed by atoms with Crippen LogP contribution >= 0.6 is 0 Å². The van der Waals surface area contributed by atoms with Crippen molar-refractivity contribution in [3.63, 3.8) is 0 Å². The van der Waals surface area contributed by atoms with Crippen LogP contribution in [0.5, 0.6) is 0 Å². The first-order valence-corrected chi connectivity index (χ1v) is 6.70. The second-order valence-electron chi connectivity index (χ2n) is 5.45. The zero-order valence-corrected chi connectivity index (χ0v) is 11.1. The third-order valence-corrected chi connectivity index (χ3v) is 4.07. The maximum Gasteiger partial charge on any atom is 0.253 e. The zero-order valence-electron chi connectivity index (χ0n) is 11.1. The molecule has 1 saturated carbocycles. The highest BCUT2D eigenvalue weighted by Crippen LogP contribution is 2.35.